The molecule has 13 heavy (non-hydrogen) atoms. The summed E-state index contributed by atoms with van der Waals surface area (Å²) in [6.07, 6.45) is 2.11. The van der Waals surface area contributed by atoms with Crippen LogP contribution in [0.2, 0.25) is 0 Å². The molecule has 0 aliphatic carbocycles. The third-order valence-corrected chi connectivity index (χ3v) is 1.74. The Morgan fingerprint density at radius 3 is 2.31 bits per heavy atom. The van der Waals surface area contributed by atoms with Crippen molar-refractivity contribution in [2.24, 2.45) is 5.73 Å². The van der Waals surface area contributed by atoms with Crippen LogP contribution >= 0.6 is 0 Å². The normalized spacial score (nSPS) is 9.92. The molecule has 2 amide bonds. The third-order valence-electron chi connectivity index (χ3n) is 1.04. The van der Waals surface area contributed by atoms with E-state index < -0.39 is 16.9 Å². The van der Waals surface area contributed by atoms with Crippen molar-refractivity contribution >= 4 is 22.9 Å². The topological polar surface area (TPSA) is 119 Å². The molecule has 9 heteroatoms. The number of anilines is 1. The predicted octanol–water partition coefficient (Wildman–Crippen LogP) is -1.72. The Hall–Kier alpha value is -1.77. The summed E-state index contributed by atoms with van der Waals surface area (Å²) in [5.41, 5.74) is 4.77. The number of hydrogen-bond acceptors (Lipinski definition) is 6. The SMILES string of the molecule is NC(=O)N(c1ncncn1)[SH](=O)=O. The van der Waals surface area contributed by atoms with E-state index in [9.17, 15) is 13.2 Å². The van der Waals surface area contributed by atoms with E-state index in [-0.39, 0.29) is 10.3 Å². The van der Waals surface area contributed by atoms with Gasteiger partial charge in [-0.25, -0.2) is 18.2 Å². The molecule has 0 unspecified atom stereocenters. The van der Waals surface area contributed by atoms with Crippen molar-refractivity contribution < 1.29 is 13.2 Å². The summed E-state index contributed by atoms with van der Waals surface area (Å²) in [5, 5.41) is 0. The lowest BCUT2D eigenvalue weighted by atomic mass is 10.9. The van der Waals surface area contributed by atoms with E-state index >= 15 is 0 Å². The maximum Gasteiger partial charge on any atom is 0.335 e. The van der Waals surface area contributed by atoms with Crippen LogP contribution in [0.5, 0.6) is 0 Å². The van der Waals surface area contributed by atoms with Gasteiger partial charge in [-0.05, 0) is 0 Å². The predicted molar refractivity (Wildman–Crippen MR) is 42.2 cm³/mol. The molecular weight excluding hydrogens is 198 g/mol. The third kappa shape index (κ3) is 2.08. The maximum atomic E-state index is 10.6. The molecule has 0 aromatic carbocycles. The largest absolute Gasteiger partial charge is 0.350 e. The Balaban J connectivity index is 3.10. The smallest absolute Gasteiger partial charge is 0.335 e. The summed E-state index contributed by atoms with van der Waals surface area (Å²) < 4.78 is 21.3. The van der Waals surface area contributed by atoms with Crippen LogP contribution < -0.4 is 10.0 Å². The van der Waals surface area contributed by atoms with Gasteiger partial charge in [0.15, 0.2) is 0 Å². The van der Waals surface area contributed by atoms with Gasteiger partial charge in [0.05, 0.1) is 0 Å². The quantitative estimate of drug-likeness (QED) is 0.552. The summed E-state index contributed by atoms with van der Waals surface area (Å²) in [7, 11) is -3.17. The second-order valence-electron chi connectivity index (χ2n) is 1.83. The first-order chi connectivity index (χ1) is 6.13. The molecule has 70 valence electrons. The molecule has 1 heterocycles. The van der Waals surface area contributed by atoms with Gasteiger partial charge in [-0.3, -0.25) is 0 Å². The number of primary amides is 1. The fourth-order valence-electron chi connectivity index (χ4n) is 0.595. The number of rotatable bonds is 2. The van der Waals surface area contributed by atoms with E-state index in [0.717, 1.165) is 12.7 Å². The number of urea groups is 1. The lowest BCUT2D eigenvalue weighted by Crippen LogP contribution is -2.35. The molecule has 0 saturated heterocycles. The minimum atomic E-state index is -3.17. The van der Waals surface area contributed by atoms with Gasteiger partial charge in [-0.15, -0.1) is 0 Å². The molecule has 0 aliphatic heterocycles. The molecule has 1 rings (SSSR count). The number of amides is 2. The number of nitrogens with zero attached hydrogens (tertiary/aromatic N) is 4. The fourth-order valence-corrected chi connectivity index (χ4v) is 1.00. The maximum absolute atomic E-state index is 10.6. The first kappa shape index (κ1) is 9.32. The molecule has 2 N–H and O–H groups in total. The van der Waals surface area contributed by atoms with Crippen LogP contribution in [0.4, 0.5) is 10.7 Å². The van der Waals surface area contributed by atoms with Gasteiger partial charge < -0.3 is 5.73 Å². The highest BCUT2D eigenvalue weighted by molar-refractivity contribution is 7.75. The number of carbonyl (C=O) groups excluding carboxylic acids is 1. The minimum Gasteiger partial charge on any atom is -0.350 e. The Bertz CT molecular complexity index is 369. The van der Waals surface area contributed by atoms with Crippen LogP contribution in [0.15, 0.2) is 12.7 Å². The van der Waals surface area contributed by atoms with E-state index in [2.05, 4.69) is 15.0 Å². The van der Waals surface area contributed by atoms with Crippen molar-refractivity contribution in [2.75, 3.05) is 4.31 Å². The van der Waals surface area contributed by atoms with Crippen molar-refractivity contribution in [2.45, 2.75) is 0 Å². The Morgan fingerprint density at radius 1 is 1.38 bits per heavy atom. The lowest BCUT2D eigenvalue weighted by Gasteiger charge is -2.08. The van der Waals surface area contributed by atoms with Gasteiger partial charge in [0.2, 0.25) is 10.9 Å². The highest BCUT2D eigenvalue weighted by Crippen LogP contribution is 2.02. The van der Waals surface area contributed by atoms with Crippen LogP contribution in [0, 0.1) is 0 Å². The summed E-state index contributed by atoms with van der Waals surface area (Å²) in [6, 6.07) is -1.16. The molecule has 8 nitrogen and oxygen atoms in total. The molecular formula is C4H5N5O3S. The highest BCUT2D eigenvalue weighted by atomic mass is 32.2. The Labute approximate surface area is 74.5 Å². The molecule has 0 aliphatic rings. The second-order valence-corrected chi connectivity index (χ2v) is 2.70. The number of thiol groups is 1. The molecule has 0 bridgehead atoms. The van der Waals surface area contributed by atoms with Crippen molar-refractivity contribution in [3.8, 4) is 0 Å². The highest BCUT2D eigenvalue weighted by Gasteiger charge is 2.16. The van der Waals surface area contributed by atoms with Gasteiger partial charge in [-0.1, -0.05) is 0 Å². The summed E-state index contributed by atoms with van der Waals surface area (Å²) in [6.45, 7) is 0. The van der Waals surface area contributed by atoms with Crippen LogP contribution in [-0.2, 0) is 10.9 Å². The molecule has 0 spiro atoms. The van der Waals surface area contributed by atoms with Gasteiger partial charge in [0.1, 0.15) is 12.7 Å². The van der Waals surface area contributed by atoms with E-state index in [4.69, 9.17) is 5.73 Å². The van der Waals surface area contributed by atoms with Crippen molar-refractivity contribution in [1.29, 1.82) is 0 Å². The van der Waals surface area contributed by atoms with Crippen LogP contribution in [0.1, 0.15) is 0 Å². The van der Waals surface area contributed by atoms with Crippen molar-refractivity contribution in [3.05, 3.63) is 12.7 Å². The van der Waals surface area contributed by atoms with Gasteiger partial charge in [0.25, 0.3) is 5.95 Å². The summed E-state index contributed by atoms with van der Waals surface area (Å²) in [4.78, 5) is 20.9. The van der Waals surface area contributed by atoms with E-state index in [1.807, 2.05) is 0 Å². The Kier molecular flexibility index (Phi) is 2.69. The second kappa shape index (κ2) is 3.76. The number of carbonyl (C=O) groups is 1. The molecule has 1 aromatic rings. The van der Waals surface area contributed by atoms with E-state index in [1.54, 1.807) is 0 Å². The average Bonchev–Trinajstić information content (AvgIpc) is 2.04. The zero-order chi connectivity index (χ0) is 9.84. The summed E-state index contributed by atoms with van der Waals surface area (Å²) in [5.74, 6) is -0.321. The number of aromatic nitrogens is 3. The Morgan fingerprint density at radius 2 is 1.92 bits per heavy atom. The molecule has 0 saturated carbocycles. The molecule has 1 aromatic heterocycles. The first-order valence-electron chi connectivity index (χ1n) is 2.99. The first-order valence-corrected chi connectivity index (χ1v) is 4.12. The van der Waals surface area contributed by atoms with Gasteiger partial charge in [0, 0.05) is 0 Å². The van der Waals surface area contributed by atoms with Crippen LogP contribution in [0.3, 0.4) is 0 Å². The molecule has 0 radical (unpaired) electrons. The zero-order valence-electron chi connectivity index (χ0n) is 6.19. The summed E-state index contributed by atoms with van der Waals surface area (Å²) >= 11 is 0. The minimum absolute atomic E-state index is 0.247. The van der Waals surface area contributed by atoms with Crippen molar-refractivity contribution in [3.63, 3.8) is 0 Å². The monoisotopic (exact) mass is 203 g/mol. The standard InChI is InChI=1S/C4H5N5O3S/c5-3(10)9(13(11)12)4-7-1-6-2-8-4/h1-2,13H,(H2,5,10). The number of nitrogens with two attached hydrogens (primary N) is 1. The molecule has 0 atom stereocenters. The zero-order valence-corrected chi connectivity index (χ0v) is 7.09. The average molecular weight is 203 g/mol. The van der Waals surface area contributed by atoms with Crippen molar-refractivity contribution in [1.82, 2.24) is 15.0 Å². The lowest BCUT2D eigenvalue weighted by molar-refractivity contribution is 0.257. The fraction of sp³-hybridized carbons (Fsp3) is 0. The van der Waals surface area contributed by atoms with E-state index in [0.29, 0.717) is 0 Å². The van der Waals surface area contributed by atoms with Gasteiger partial charge >= 0.3 is 6.03 Å². The van der Waals surface area contributed by atoms with Crippen LogP contribution in [0.25, 0.3) is 0 Å². The van der Waals surface area contributed by atoms with E-state index in [1.165, 1.54) is 0 Å². The molecule has 0 fully saturated rings. The van der Waals surface area contributed by atoms with Gasteiger partial charge in [-0.2, -0.15) is 14.3 Å². The number of hydrogen-bond donors (Lipinski definition) is 2. The van der Waals surface area contributed by atoms with Crippen LogP contribution in [-0.4, -0.2) is 29.4 Å².